The molecule has 2 aromatic carbocycles. The van der Waals surface area contributed by atoms with Crippen molar-refractivity contribution in [3.63, 3.8) is 0 Å². The maximum Gasteiger partial charge on any atom is 0.230 e. The fourth-order valence-corrected chi connectivity index (χ4v) is 3.99. The van der Waals surface area contributed by atoms with Gasteiger partial charge in [-0.15, -0.1) is 5.10 Å². The second-order valence-electron chi connectivity index (χ2n) is 6.95. The smallest absolute Gasteiger partial charge is 0.230 e. The van der Waals surface area contributed by atoms with Crippen molar-refractivity contribution in [1.82, 2.24) is 25.5 Å². The Labute approximate surface area is 188 Å². The van der Waals surface area contributed by atoms with Gasteiger partial charge in [-0.1, -0.05) is 41.6 Å². The summed E-state index contributed by atoms with van der Waals surface area (Å²) in [6.07, 6.45) is 0. The van der Waals surface area contributed by atoms with Crippen LogP contribution in [0.1, 0.15) is 16.9 Å². The number of aryl methyl sites for hydroxylation is 2. The van der Waals surface area contributed by atoms with Gasteiger partial charge in [-0.2, -0.15) is 4.68 Å². The summed E-state index contributed by atoms with van der Waals surface area (Å²) in [6.45, 7) is 4.31. The number of benzene rings is 2. The number of halogens is 1. The molecule has 4 rings (SSSR count). The number of para-hydroxylation sites is 1. The highest BCUT2D eigenvalue weighted by molar-refractivity contribution is 7.99. The summed E-state index contributed by atoms with van der Waals surface area (Å²) in [6, 6.07) is 17.1. The first-order valence-corrected chi connectivity index (χ1v) is 11.0. The van der Waals surface area contributed by atoms with Crippen LogP contribution in [0.2, 0.25) is 5.02 Å². The zero-order valence-electron chi connectivity index (χ0n) is 17.0. The molecule has 0 aliphatic carbocycles. The number of thioether (sulfide) groups is 1. The molecule has 158 valence electrons. The molecule has 0 radical (unpaired) electrons. The minimum Gasteiger partial charge on any atom is -0.459 e. The van der Waals surface area contributed by atoms with Crippen molar-refractivity contribution in [2.45, 2.75) is 25.5 Å². The quantitative estimate of drug-likeness (QED) is 0.411. The van der Waals surface area contributed by atoms with Crippen LogP contribution >= 0.6 is 23.4 Å². The molecular weight excluding hydrogens is 434 g/mol. The summed E-state index contributed by atoms with van der Waals surface area (Å²) in [4.78, 5) is 12.3. The third-order valence-corrected chi connectivity index (χ3v) is 5.85. The fourth-order valence-electron chi connectivity index (χ4n) is 3.16. The molecule has 9 heteroatoms. The van der Waals surface area contributed by atoms with Crippen molar-refractivity contribution in [1.29, 1.82) is 0 Å². The number of nitrogens with one attached hydrogen (secondary N) is 1. The molecule has 0 saturated carbocycles. The predicted octanol–water partition coefficient (Wildman–Crippen LogP) is 4.60. The molecule has 0 fully saturated rings. The van der Waals surface area contributed by atoms with Gasteiger partial charge in [-0.3, -0.25) is 4.79 Å². The maximum absolute atomic E-state index is 12.3. The molecule has 0 unspecified atom stereocenters. The van der Waals surface area contributed by atoms with E-state index >= 15 is 0 Å². The van der Waals surface area contributed by atoms with Gasteiger partial charge in [0, 0.05) is 10.6 Å². The van der Waals surface area contributed by atoms with Gasteiger partial charge >= 0.3 is 0 Å². The number of furan rings is 1. The van der Waals surface area contributed by atoms with Crippen LogP contribution in [-0.2, 0) is 11.3 Å². The first kappa shape index (κ1) is 21.1. The van der Waals surface area contributed by atoms with Gasteiger partial charge in [-0.05, 0) is 71.8 Å². The molecule has 4 aromatic rings. The highest BCUT2D eigenvalue weighted by Crippen LogP contribution is 2.25. The molecule has 7 nitrogen and oxygen atoms in total. The molecule has 0 atom stereocenters. The van der Waals surface area contributed by atoms with E-state index < -0.39 is 0 Å². The van der Waals surface area contributed by atoms with Crippen molar-refractivity contribution in [2.75, 3.05) is 5.75 Å². The van der Waals surface area contributed by atoms with E-state index in [9.17, 15) is 4.79 Å². The number of nitrogens with zero attached hydrogens (tertiary/aromatic N) is 4. The van der Waals surface area contributed by atoms with E-state index in [1.54, 1.807) is 4.68 Å². The topological polar surface area (TPSA) is 85.8 Å². The summed E-state index contributed by atoms with van der Waals surface area (Å²) in [7, 11) is 0. The predicted molar refractivity (Wildman–Crippen MR) is 120 cm³/mol. The Kier molecular flexibility index (Phi) is 6.39. The summed E-state index contributed by atoms with van der Waals surface area (Å²) < 4.78 is 7.49. The summed E-state index contributed by atoms with van der Waals surface area (Å²) in [5.74, 6) is 1.45. The largest absolute Gasteiger partial charge is 0.459 e. The number of carbonyl (C=O) groups excluding carboxylic acids is 1. The first-order chi connectivity index (χ1) is 15.0. The Morgan fingerprint density at radius 2 is 1.84 bits per heavy atom. The highest BCUT2D eigenvalue weighted by atomic mass is 35.5. The Balaban J connectivity index is 1.34. The third-order valence-electron chi connectivity index (χ3n) is 4.67. The van der Waals surface area contributed by atoms with Crippen LogP contribution in [0.5, 0.6) is 0 Å². The van der Waals surface area contributed by atoms with Crippen LogP contribution in [0.15, 0.2) is 64.2 Å². The van der Waals surface area contributed by atoms with Crippen LogP contribution in [0.4, 0.5) is 0 Å². The molecule has 0 spiro atoms. The molecule has 31 heavy (non-hydrogen) atoms. The van der Waals surface area contributed by atoms with Crippen LogP contribution in [0.3, 0.4) is 0 Å². The molecule has 1 amide bonds. The Hall–Kier alpha value is -3.10. The lowest BCUT2D eigenvalue weighted by molar-refractivity contribution is -0.118. The Bertz CT molecular complexity index is 1180. The van der Waals surface area contributed by atoms with Crippen LogP contribution < -0.4 is 5.32 Å². The van der Waals surface area contributed by atoms with Crippen molar-refractivity contribution in [3.8, 4) is 17.0 Å². The van der Waals surface area contributed by atoms with Gasteiger partial charge in [0.15, 0.2) is 0 Å². The second-order valence-corrected chi connectivity index (χ2v) is 8.33. The molecular formula is C22H20ClN5O2S. The highest BCUT2D eigenvalue weighted by Gasteiger charge is 2.15. The van der Waals surface area contributed by atoms with E-state index in [4.69, 9.17) is 16.0 Å². The molecule has 0 aliphatic rings. The zero-order chi connectivity index (χ0) is 21.8. The number of amides is 1. The monoisotopic (exact) mass is 453 g/mol. The molecule has 0 saturated heterocycles. The van der Waals surface area contributed by atoms with Gasteiger partial charge in [0.05, 0.1) is 18.0 Å². The average Bonchev–Trinajstić information content (AvgIpc) is 3.41. The maximum atomic E-state index is 12.3. The zero-order valence-corrected chi connectivity index (χ0v) is 18.6. The third kappa shape index (κ3) is 4.98. The minimum atomic E-state index is -0.134. The normalized spacial score (nSPS) is 10.9. The standard InChI is InChI=1S/C22H20ClN5O2S/c1-14-4-3-5-15(2)21(14)28-22(25-26-27-28)31-13-20(29)24-12-18-10-11-19(30-18)16-6-8-17(23)9-7-16/h3-11H,12-13H2,1-2H3,(H,24,29). The van der Waals surface area contributed by atoms with Crippen molar-refractivity contribution in [3.05, 3.63) is 76.5 Å². The fraction of sp³-hybridized carbons (Fsp3) is 0.182. The van der Waals surface area contributed by atoms with Crippen LogP contribution in [0.25, 0.3) is 17.0 Å². The number of hydrogen-bond acceptors (Lipinski definition) is 6. The summed E-state index contributed by atoms with van der Waals surface area (Å²) >= 11 is 7.21. The van der Waals surface area contributed by atoms with E-state index in [2.05, 4.69) is 20.8 Å². The van der Waals surface area contributed by atoms with E-state index in [0.29, 0.717) is 22.5 Å². The molecule has 1 N–H and O–H groups in total. The molecule has 0 bridgehead atoms. The lowest BCUT2D eigenvalue weighted by Gasteiger charge is -2.10. The summed E-state index contributed by atoms with van der Waals surface area (Å²) in [5, 5.41) is 16.0. The van der Waals surface area contributed by atoms with Gasteiger partial charge in [-0.25, -0.2) is 0 Å². The number of aromatic nitrogens is 4. The second kappa shape index (κ2) is 9.36. The van der Waals surface area contributed by atoms with E-state index in [1.807, 2.05) is 68.4 Å². The van der Waals surface area contributed by atoms with Crippen molar-refractivity contribution >= 4 is 29.3 Å². The van der Waals surface area contributed by atoms with Gasteiger partial charge in [0.2, 0.25) is 11.1 Å². The summed E-state index contributed by atoms with van der Waals surface area (Å²) in [5.41, 5.74) is 3.98. The average molecular weight is 454 g/mol. The Morgan fingerprint density at radius 3 is 2.58 bits per heavy atom. The molecule has 2 heterocycles. The van der Waals surface area contributed by atoms with Crippen LogP contribution in [0, 0.1) is 13.8 Å². The van der Waals surface area contributed by atoms with E-state index in [1.165, 1.54) is 11.8 Å². The first-order valence-electron chi connectivity index (χ1n) is 9.60. The number of hydrogen-bond donors (Lipinski definition) is 1. The number of carbonyl (C=O) groups is 1. The van der Waals surface area contributed by atoms with Gasteiger partial charge < -0.3 is 9.73 Å². The number of rotatable bonds is 7. The van der Waals surface area contributed by atoms with E-state index in [-0.39, 0.29) is 11.7 Å². The molecule has 0 aliphatic heterocycles. The van der Waals surface area contributed by atoms with Crippen LogP contribution in [-0.4, -0.2) is 31.9 Å². The van der Waals surface area contributed by atoms with Gasteiger partial charge in [0.1, 0.15) is 11.5 Å². The minimum absolute atomic E-state index is 0.134. The lowest BCUT2D eigenvalue weighted by atomic mass is 10.1. The Morgan fingerprint density at radius 1 is 1.10 bits per heavy atom. The van der Waals surface area contributed by atoms with E-state index in [0.717, 1.165) is 28.1 Å². The van der Waals surface area contributed by atoms with Crippen molar-refractivity contribution in [2.24, 2.45) is 0 Å². The van der Waals surface area contributed by atoms with Gasteiger partial charge in [0.25, 0.3) is 0 Å². The van der Waals surface area contributed by atoms with Crippen molar-refractivity contribution < 1.29 is 9.21 Å². The lowest BCUT2D eigenvalue weighted by Crippen LogP contribution is -2.24. The SMILES string of the molecule is Cc1cccc(C)c1-n1nnnc1SCC(=O)NCc1ccc(-c2ccc(Cl)cc2)o1. The number of tetrazole rings is 1. The molecule has 2 aromatic heterocycles.